The molecule has 1 amide bonds. The van der Waals surface area contributed by atoms with E-state index in [0.29, 0.717) is 30.4 Å². The summed E-state index contributed by atoms with van der Waals surface area (Å²) in [7, 11) is 3.26. The van der Waals surface area contributed by atoms with E-state index >= 15 is 0 Å². The van der Waals surface area contributed by atoms with Crippen molar-refractivity contribution in [3.8, 4) is 11.5 Å². The molecule has 7 nitrogen and oxygen atoms in total. The lowest BCUT2D eigenvalue weighted by Gasteiger charge is -2.20. The molecular formula is C21H34N4O3. The standard InChI is InChI=1S/C21H34N4O3/c1-4-22-21(23-12-8-14-25-13-7-5-6-9-20(25)26)24-16-17-10-11-18(27-2)19(15-17)28-3/h10-11,15H,4-9,12-14,16H2,1-3H3,(H2,22,23,24). The van der Waals surface area contributed by atoms with Crippen molar-refractivity contribution in [3.05, 3.63) is 23.8 Å². The van der Waals surface area contributed by atoms with E-state index in [2.05, 4.69) is 15.6 Å². The third kappa shape index (κ3) is 6.94. The zero-order chi connectivity index (χ0) is 20.2. The molecular weight excluding hydrogens is 356 g/mol. The van der Waals surface area contributed by atoms with Crippen molar-refractivity contribution in [3.63, 3.8) is 0 Å². The number of rotatable bonds is 9. The molecule has 7 heteroatoms. The van der Waals surface area contributed by atoms with Gasteiger partial charge in [-0.25, -0.2) is 4.99 Å². The average Bonchev–Trinajstić information content (AvgIpc) is 2.93. The SMILES string of the molecule is CCNC(=NCc1ccc(OC)c(OC)c1)NCCCN1CCCCCC1=O. The number of guanidine groups is 1. The Bertz CT molecular complexity index is 649. The molecule has 156 valence electrons. The largest absolute Gasteiger partial charge is 0.493 e. The van der Waals surface area contributed by atoms with E-state index in [9.17, 15) is 4.79 Å². The average molecular weight is 391 g/mol. The number of methoxy groups -OCH3 is 2. The first kappa shape index (κ1) is 21.9. The first-order chi connectivity index (χ1) is 13.7. The predicted molar refractivity (Wildman–Crippen MR) is 112 cm³/mol. The summed E-state index contributed by atoms with van der Waals surface area (Å²) in [5.41, 5.74) is 1.05. The van der Waals surface area contributed by atoms with Gasteiger partial charge >= 0.3 is 0 Å². The van der Waals surface area contributed by atoms with E-state index in [-0.39, 0.29) is 0 Å². The summed E-state index contributed by atoms with van der Waals surface area (Å²) in [6.07, 6.45) is 4.92. The molecule has 0 spiro atoms. The molecule has 0 aliphatic carbocycles. The molecule has 1 aliphatic rings. The molecule has 28 heavy (non-hydrogen) atoms. The maximum atomic E-state index is 12.1. The van der Waals surface area contributed by atoms with Crippen LogP contribution in [0.15, 0.2) is 23.2 Å². The summed E-state index contributed by atoms with van der Waals surface area (Å²) < 4.78 is 10.6. The number of benzene rings is 1. The summed E-state index contributed by atoms with van der Waals surface area (Å²) in [6, 6.07) is 5.82. The number of carbonyl (C=O) groups excluding carboxylic acids is 1. The summed E-state index contributed by atoms with van der Waals surface area (Å²) in [5, 5.41) is 6.62. The number of carbonyl (C=O) groups is 1. The number of hydrogen-bond donors (Lipinski definition) is 2. The lowest BCUT2D eigenvalue weighted by atomic mass is 10.2. The molecule has 0 bridgehead atoms. The molecule has 1 saturated heterocycles. The van der Waals surface area contributed by atoms with Crippen molar-refractivity contribution < 1.29 is 14.3 Å². The van der Waals surface area contributed by atoms with Gasteiger partial charge in [-0.15, -0.1) is 0 Å². The molecule has 2 N–H and O–H groups in total. The van der Waals surface area contributed by atoms with Gasteiger partial charge < -0.3 is 25.0 Å². The number of aliphatic imine (C=N–C) groups is 1. The van der Waals surface area contributed by atoms with Gasteiger partial charge in [-0.1, -0.05) is 12.5 Å². The van der Waals surface area contributed by atoms with Crippen molar-refractivity contribution in [1.29, 1.82) is 0 Å². The van der Waals surface area contributed by atoms with Crippen molar-refractivity contribution in [2.24, 2.45) is 4.99 Å². The lowest BCUT2D eigenvalue weighted by molar-refractivity contribution is -0.130. The first-order valence-corrected chi connectivity index (χ1v) is 10.2. The van der Waals surface area contributed by atoms with Gasteiger partial charge in [0, 0.05) is 32.6 Å². The quantitative estimate of drug-likeness (QED) is 0.385. The van der Waals surface area contributed by atoms with Crippen molar-refractivity contribution in [1.82, 2.24) is 15.5 Å². The van der Waals surface area contributed by atoms with Gasteiger partial charge in [0.15, 0.2) is 17.5 Å². The second kappa shape index (κ2) is 12.1. The van der Waals surface area contributed by atoms with Crippen LogP contribution in [0.2, 0.25) is 0 Å². The molecule has 0 saturated carbocycles. The molecule has 1 aliphatic heterocycles. The maximum Gasteiger partial charge on any atom is 0.222 e. The minimum atomic E-state index is 0.298. The lowest BCUT2D eigenvalue weighted by Crippen LogP contribution is -2.39. The third-order valence-corrected chi connectivity index (χ3v) is 4.78. The second-order valence-electron chi connectivity index (χ2n) is 6.86. The summed E-state index contributed by atoms with van der Waals surface area (Å²) >= 11 is 0. The highest BCUT2D eigenvalue weighted by Crippen LogP contribution is 2.27. The number of nitrogens with one attached hydrogen (secondary N) is 2. The van der Waals surface area contributed by atoms with E-state index in [1.54, 1.807) is 14.2 Å². The Morgan fingerprint density at radius 1 is 1.14 bits per heavy atom. The molecule has 1 fully saturated rings. The highest BCUT2D eigenvalue weighted by atomic mass is 16.5. The van der Waals surface area contributed by atoms with Gasteiger partial charge in [-0.2, -0.15) is 0 Å². The van der Waals surface area contributed by atoms with Crippen molar-refractivity contribution in [2.75, 3.05) is 40.4 Å². The van der Waals surface area contributed by atoms with Crippen molar-refractivity contribution in [2.45, 2.75) is 45.6 Å². The predicted octanol–water partition coefficient (Wildman–Crippen LogP) is 2.55. The van der Waals surface area contributed by atoms with E-state index in [4.69, 9.17) is 9.47 Å². The fourth-order valence-corrected chi connectivity index (χ4v) is 3.24. The minimum absolute atomic E-state index is 0.298. The number of hydrogen-bond acceptors (Lipinski definition) is 4. The van der Waals surface area contributed by atoms with Crippen LogP contribution in [0.1, 0.15) is 44.6 Å². The Hall–Kier alpha value is -2.44. The van der Waals surface area contributed by atoms with E-state index in [1.165, 1.54) is 0 Å². The highest BCUT2D eigenvalue weighted by molar-refractivity contribution is 5.79. The van der Waals surface area contributed by atoms with Crippen LogP contribution in [0.3, 0.4) is 0 Å². The Kier molecular flexibility index (Phi) is 9.45. The van der Waals surface area contributed by atoms with Gasteiger partial charge in [0.1, 0.15) is 0 Å². The van der Waals surface area contributed by atoms with E-state index in [1.807, 2.05) is 30.0 Å². The Balaban J connectivity index is 1.84. The van der Waals surface area contributed by atoms with Gasteiger partial charge in [0.05, 0.1) is 20.8 Å². The minimum Gasteiger partial charge on any atom is -0.493 e. The fraction of sp³-hybridized carbons (Fsp3) is 0.619. The fourth-order valence-electron chi connectivity index (χ4n) is 3.24. The van der Waals surface area contributed by atoms with Gasteiger partial charge in [0.2, 0.25) is 5.91 Å². The van der Waals surface area contributed by atoms with Crippen LogP contribution in [0.4, 0.5) is 0 Å². The number of ether oxygens (including phenoxy) is 2. The zero-order valence-corrected chi connectivity index (χ0v) is 17.4. The number of nitrogens with zero attached hydrogens (tertiary/aromatic N) is 2. The number of likely N-dealkylation sites (tertiary alicyclic amines) is 1. The van der Waals surface area contributed by atoms with Crippen LogP contribution in [-0.4, -0.2) is 57.2 Å². The molecule has 0 radical (unpaired) electrons. The zero-order valence-electron chi connectivity index (χ0n) is 17.4. The van der Waals surface area contributed by atoms with Crippen LogP contribution >= 0.6 is 0 Å². The van der Waals surface area contributed by atoms with Crippen LogP contribution in [0, 0.1) is 0 Å². The molecule has 0 unspecified atom stereocenters. The number of amides is 1. The Morgan fingerprint density at radius 3 is 2.71 bits per heavy atom. The smallest absolute Gasteiger partial charge is 0.222 e. The second-order valence-corrected chi connectivity index (χ2v) is 6.86. The van der Waals surface area contributed by atoms with Gasteiger partial charge in [0.25, 0.3) is 0 Å². The van der Waals surface area contributed by atoms with Gasteiger partial charge in [-0.3, -0.25) is 4.79 Å². The summed E-state index contributed by atoms with van der Waals surface area (Å²) in [4.78, 5) is 18.7. The van der Waals surface area contributed by atoms with Crippen LogP contribution < -0.4 is 20.1 Å². The Labute approximate surface area is 168 Å². The highest BCUT2D eigenvalue weighted by Gasteiger charge is 2.15. The summed E-state index contributed by atoms with van der Waals surface area (Å²) in [6.45, 7) is 5.86. The third-order valence-electron chi connectivity index (χ3n) is 4.78. The van der Waals surface area contributed by atoms with Crippen LogP contribution in [-0.2, 0) is 11.3 Å². The molecule has 1 aromatic rings. The van der Waals surface area contributed by atoms with Crippen molar-refractivity contribution >= 4 is 11.9 Å². The maximum absolute atomic E-state index is 12.1. The first-order valence-electron chi connectivity index (χ1n) is 10.2. The van der Waals surface area contributed by atoms with E-state index < -0.39 is 0 Å². The molecule has 0 aromatic heterocycles. The normalized spacial score (nSPS) is 15.2. The molecule has 1 aromatic carbocycles. The Morgan fingerprint density at radius 2 is 1.96 bits per heavy atom. The van der Waals surface area contributed by atoms with Gasteiger partial charge in [-0.05, 0) is 43.9 Å². The molecule has 0 atom stereocenters. The summed E-state index contributed by atoms with van der Waals surface area (Å²) in [5.74, 6) is 2.49. The van der Waals surface area contributed by atoms with E-state index in [0.717, 1.165) is 63.4 Å². The topological polar surface area (TPSA) is 75.2 Å². The molecule has 2 rings (SSSR count). The monoisotopic (exact) mass is 390 g/mol. The van der Waals surface area contributed by atoms with Crippen LogP contribution in [0.5, 0.6) is 11.5 Å². The van der Waals surface area contributed by atoms with Crippen LogP contribution in [0.25, 0.3) is 0 Å². The molecule has 1 heterocycles.